The van der Waals surface area contributed by atoms with Crippen LogP contribution >= 0.6 is 0 Å². The van der Waals surface area contributed by atoms with Gasteiger partial charge in [0, 0.05) is 39.1 Å². The first-order chi connectivity index (χ1) is 11.6. The molecule has 1 aliphatic rings. The van der Waals surface area contributed by atoms with Crippen LogP contribution in [0.3, 0.4) is 0 Å². The summed E-state index contributed by atoms with van der Waals surface area (Å²) in [6, 6.07) is 7.30. The molecule has 2 aromatic rings. The zero-order valence-electron chi connectivity index (χ0n) is 13.8. The summed E-state index contributed by atoms with van der Waals surface area (Å²) in [5, 5.41) is 2.91. The molecule has 3 heterocycles. The molecule has 1 saturated heterocycles. The lowest BCUT2D eigenvalue weighted by molar-refractivity contribution is 0.0943. The van der Waals surface area contributed by atoms with Crippen LogP contribution in [-0.2, 0) is 7.05 Å². The number of aryl methyl sites for hydroxylation is 1. The summed E-state index contributed by atoms with van der Waals surface area (Å²) in [7, 11) is 1.65. The second-order valence-corrected chi connectivity index (χ2v) is 6.19. The van der Waals surface area contributed by atoms with E-state index in [0.717, 1.165) is 31.6 Å². The molecule has 0 aromatic carbocycles. The molecule has 0 bridgehead atoms. The number of carbonyl (C=O) groups excluding carboxylic acids is 1. The van der Waals surface area contributed by atoms with E-state index < -0.39 is 0 Å². The van der Waals surface area contributed by atoms with Gasteiger partial charge >= 0.3 is 0 Å². The number of nitrogens with zero attached hydrogens (tertiary/aromatic N) is 3. The van der Waals surface area contributed by atoms with Crippen molar-refractivity contribution in [2.45, 2.75) is 12.8 Å². The van der Waals surface area contributed by atoms with E-state index in [1.807, 2.05) is 12.3 Å². The van der Waals surface area contributed by atoms with Crippen molar-refractivity contribution in [2.75, 3.05) is 24.5 Å². The SMILES string of the molecule is Cn1cccc(C(=O)NCC2CCN(c3cccnc3)CC2)c1=O. The summed E-state index contributed by atoms with van der Waals surface area (Å²) in [4.78, 5) is 30.6. The van der Waals surface area contributed by atoms with E-state index in [2.05, 4.69) is 21.3 Å². The second-order valence-electron chi connectivity index (χ2n) is 6.19. The average Bonchev–Trinajstić information content (AvgIpc) is 2.63. The van der Waals surface area contributed by atoms with E-state index in [4.69, 9.17) is 0 Å². The quantitative estimate of drug-likeness (QED) is 0.923. The van der Waals surface area contributed by atoms with Crippen LogP contribution in [0.4, 0.5) is 5.69 Å². The van der Waals surface area contributed by atoms with Gasteiger partial charge in [-0.2, -0.15) is 0 Å². The lowest BCUT2D eigenvalue weighted by atomic mass is 9.96. The first-order valence-corrected chi connectivity index (χ1v) is 8.24. The minimum absolute atomic E-state index is 0.202. The van der Waals surface area contributed by atoms with Crippen molar-refractivity contribution in [1.29, 1.82) is 0 Å². The third kappa shape index (κ3) is 3.64. The van der Waals surface area contributed by atoms with Crippen LogP contribution in [0.2, 0.25) is 0 Å². The molecule has 1 fully saturated rings. The number of carbonyl (C=O) groups is 1. The summed E-state index contributed by atoms with van der Waals surface area (Å²) in [6.45, 7) is 2.52. The number of hydrogen-bond donors (Lipinski definition) is 1. The van der Waals surface area contributed by atoms with Gasteiger partial charge in [0.15, 0.2) is 0 Å². The summed E-state index contributed by atoms with van der Waals surface area (Å²) < 4.78 is 1.42. The average molecular weight is 326 g/mol. The molecule has 0 aliphatic carbocycles. The van der Waals surface area contributed by atoms with E-state index in [1.165, 1.54) is 4.57 Å². The van der Waals surface area contributed by atoms with Crippen LogP contribution in [0, 0.1) is 5.92 Å². The maximum Gasteiger partial charge on any atom is 0.263 e. The number of rotatable bonds is 4. The third-order valence-electron chi connectivity index (χ3n) is 4.54. The van der Waals surface area contributed by atoms with E-state index in [1.54, 1.807) is 31.6 Å². The van der Waals surface area contributed by atoms with Crippen molar-refractivity contribution in [3.05, 3.63) is 58.8 Å². The highest BCUT2D eigenvalue weighted by Crippen LogP contribution is 2.21. The highest BCUT2D eigenvalue weighted by Gasteiger charge is 2.20. The molecule has 3 rings (SSSR count). The van der Waals surface area contributed by atoms with Gasteiger partial charge in [-0.1, -0.05) is 0 Å². The Morgan fingerprint density at radius 3 is 2.79 bits per heavy atom. The number of hydrogen-bond acceptors (Lipinski definition) is 4. The van der Waals surface area contributed by atoms with Crippen LogP contribution in [0.1, 0.15) is 23.2 Å². The van der Waals surface area contributed by atoms with E-state index in [0.29, 0.717) is 12.5 Å². The fourth-order valence-corrected chi connectivity index (χ4v) is 3.04. The molecule has 0 radical (unpaired) electrons. The Morgan fingerprint density at radius 1 is 1.29 bits per heavy atom. The number of anilines is 1. The third-order valence-corrected chi connectivity index (χ3v) is 4.54. The predicted molar refractivity (Wildman–Crippen MR) is 93.2 cm³/mol. The molecule has 6 nitrogen and oxygen atoms in total. The van der Waals surface area contributed by atoms with Gasteiger partial charge in [0.25, 0.3) is 11.5 Å². The molecule has 2 aromatic heterocycles. The number of aromatic nitrogens is 2. The molecule has 0 spiro atoms. The fraction of sp³-hybridized carbons (Fsp3) is 0.389. The minimum Gasteiger partial charge on any atom is -0.370 e. The van der Waals surface area contributed by atoms with Gasteiger partial charge in [0.05, 0.1) is 11.9 Å². The Morgan fingerprint density at radius 2 is 2.08 bits per heavy atom. The van der Waals surface area contributed by atoms with Gasteiger partial charge in [-0.05, 0) is 43.0 Å². The summed E-state index contributed by atoms with van der Waals surface area (Å²) in [5.41, 5.74) is 1.09. The van der Waals surface area contributed by atoms with Crippen LogP contribution in [-0.4, -0.2) is 35.1 Å². The highest BCUT2D eigenvalue weighted by molar-refractivity contribution is 5.93. The van der Waals surface area contributed by atoms with Gasteiger partial charge in [0.1, 0.15) is 5.56 Å². The largest absolute Gasteiger partial charge is 0.370 e. The van der Waals surface area contributed by atoms with Crippen molar-refractivity contribution < 1.29 is 4.79 Å². The van der Waals surface area contributed by atoms with Crippen LogP contribution in [0.25, 0.3) is 0 Å². The number of amides is 1. The number of nitrogens with one attached hydrogen (secondary N) is 1. The Hall–Kier alpha value is -2.63. The highest BCUT2D eigenvalue weighted by atomic mass is 16.2. The first-order valence-electron chi connectivity index (χ1n) is 8.24. The number of piperidine rings is 1. The summed E-state index contributed by atoms with van der Waals surface area (Å²) >= 11 is 0. The Bertz CT molecular complexity index is 749. The maximum atomic E-state index is 12.2. The Labute approximate surface area is 141 Å². The zero-order valence-corrected chi connectivity index (χ0v) is 13.8. The summed E-state index contributed by atoms with van der Waals surface area (Å²) in [6.07, 6.45) is 7.34. The molecule has 6 heteroatoms. The molecular weight excluding hydrogens is 304 g/mol. The molecule has 0 unspecified atom stereocenters. The number of pyridine rings is 2. The van der Waals surface area contributed by atoms with Gasteiger partial charge in [-0.25, -0.2) is 0 Å². The molecule has 1 amide bonds. The van der Waals surface area contributed by atoms with Gasteiger partial charge < -0.3 is 14.8 Å². The Balaban J connectivity index is 1.51. The van der Waals surface area contributed by atoms with Gasteiger partial charge in [-0.3, -0.25) is 14.6 Å². The predicted octanol–water partition coefficient (Wildman–Crippen LogP) is 1.43. The van der Waals surface area contributed by atoms with Crippen LogP contribution in [0.15, 0.2) is 47.7 Å². The fourth-order valence-electron chi connectivity index (χ4n) is 3.04. The van der Waals surface area contributed by atoms with Gasteiger partial charge in [0.2, 0.25) is 0 Å². The maximum absolute atomic E-state index is 12.2. The molecule has 1 aliphatic heterocycles. The monoisotopic (exact) mass is 326 g/mol. The first kappa shape index (κ1) is 16.2. The normalized spacial score (nSPS) is 15.3. The molecule has 24 heavy (non-hydrogen) atoms. The minimum atomic E-state index is -0.286. The van der Waals surface area contributed by atoms with E-state index in [-0.39, 0.29) is 17.0 Å². The molecule has 1 N–H and O–H groups in total. The molecule has 0 atom stereocenters. The lowest BCUT2D eigenvalue weighted by Gasteiger charge is -2.33. The van der Waals surface area contributed by atoms with Crippen LogP contribution < -0.4 is 15.8 Å². The molecule has 126 valence electrons. The molecular formula is C18H22N4O2. The van der Waals surface area contributed by atoms with Crippen molar-refractivity contribution >= 4 is 11.6 Å². The van der Waals surface area contributed by atoms with E-state index >= 15 is 0 Å². The summed E-state index contributed by atoms with van der Waals surface area (Å²) in [5.74, 6) is 0.153. The standard InChI is InChI=1S/C18H22N4O2/c1-21-9-3-5-16(18(21)24)17(23)20-12-14-6-10-22(11-7-14)15-4-2-8-19-13-15/h2-5,8-9,13-14H,6-7,10-12H2,1H3,(H,20,23). The van der Waals surface area contributed by atoms with Crippen LogP contribution in [0.5, 0.6) is 0 Å². The van der Waals surface area contributed by atoms with Crippen molar-refractivity contribution in [2.24, 2.45) is 13.0 Å². The lowest BCUT2D eigenvalue weighted by Crippen LogP contribution is -2.40. The van der Waals surface area contributed by atoms with Crippen molar-refractivity contribution in [3.8, 4) is 0 Å². The van der Waals surface area contributed by atoms with Gasteiger partial charge in [-0.15, -0.1) is 0 Å². The molecule has 0 saturated carbocycles. The smallest absolute Gasteiger partial charge is 0.263 e. The Kier molecular flexibility index (Phi) is 4.93. The van der Waals surface area contributed by atoms with E-state index in [9.17, 15) is 9.59 Å². The topological polar surface area (TPSA) is 67.2 Å². The zero-order chi connectivity index (χ0) is 16.9. The van der Waals surface area contributed by atoms with Crippen molar-refractivity contribution in [1.82, 2.24) is 14.9 Å². The second kappa shape index (κ2) is 7.29. The van der Waals surface area contributed by atoms with Crippen molar-refractivity contribution in [3.63, 3.8) is 0 Å².